The summed E-state index contributed by atoms with van der Waals surface area (Å²) in [5, 5.41) is 4.72. The lowest BCUT2D eigenvalue weighted by molar-refractivity contribution is -0.138. The summed E-state index contributed by atoms with van der Waals surface area (Å²) in [7, 11) is 0. The molecule has 0 atom stereocenters. The number of nitrogens with zero attached hydrogens (tertiary/aromatic N) is 3. The summed E-state index contributed by atoms with van der Waals surface area (Å²) in [6.07, 6.45) is -4.52. The molecule has 1 aromatic heterocycles. The minimum absolute atomic E-state index is 0.0946. The van der Waals surface area contributed by atoms with Gasteiger partial charge in [0.1, 0.15) is 5.82 Å². The zero-order valence-corrected chi connectivity index (χ0v) is 19.4. The largest absolute Gasteiger partial charge is 0.459 e. The van der Waals surface area contributed by atoms with Crippen molar-refractivity contribution in [2.45, 2.75) is 32.5 Å². The van der Waals surface area contributed by atoms with E-state index in [1.165, 1.54) is 29.2 Å². The van der Waals surface area contributed by atoms with Crippen LogP contribution in [0.15, 0.2) is 54.6 Å². The quantitative estimate of drug-likeness (QED) is 0.362. The third-order valence-corrected chi connectivity index (χ3v) is 5.05. The first kappa shape index (κ1) is 27.6. The molecule has 2 amide bonds. The number of carbonyl (C=O) groups excluding carboxylic acids is 2. The molecule has 1 heterocycles. The van der Waals surface area contributed by atoms with Crippen LogP contribution in [0.4, 0.5) is 27.7 Å². The molecule has 0 radical (unpaired) electrons. The fraction of sp³-hybridized carbons (Fsp3) is 0.273. The smallest absolute Gasteiger partial charge is 0.445 e. The van der Waals surface area contributed by atoms with Gasteiger partial charge in [-0.1, -0.05) is 46.8 Å². The second-order valence-corrected chi connectivity index (χ2v) is 8.11. The van der Waals surface area contributed by atoms with Gasteiger partial charge in [-0.2, -0.15) is 18.7 Å². The number of amides is 2. The number of carbonyl (C=O) groups is 2. The zero-order chi connectivity index (χ0) is 26.0. The Morgan fingerprint density at radius 2 is 1.69 bits per heavy atom. The second kappa shape index (κ2) is 12.7. The molecule has 3 rings (SSSR count). The van der Waals surface area contributed by atoms with E-state index in [9.17, 15) is 31.6 Å². The van der Waals surface area contributed by atoms with E-state index < -0.39 is 35.4 Å². The van der Waals surface area contributed by atoms with E-state index >= 15 is 0 Å². The maximum Gasteiger partial charge on any atom is 0.445 e. The predicted molar refractivity (Wildman–Crippen MR) is 119 cm³/mol. The monoisotopic (exact) mass is 516 g/mol. The van der Waals surface area contributed by atoms with Gasteiger partial charge in [0.25, 0.3) is 17.0 Å². The van der Waals surface area contributed by atoms with Crippen molar-refractivity contribution in [2.75, 3.05) is 11.5 Å². The van der Waals surface area contributed by atoms with E-state index in [1.807, 2.05) is 6.07 Å². The molecule has 13 heteroatoms. The van der Waals surface area contributed by atoms with E-state index in [-0.39, 0.29) is 29.0 Å². The summed E-state index contributed by atoms with van der Waals surface area (Å²) in [5.41, 5.74) is 2.33. The Kier molecular flexibility index (Phi) is 10.1. The highest BCUT2D eigenvalue weighted by atomic mass is 32.1. The molecule has 0 aliphatic heterocycles. The molecule has 0 saturated carbocycles. The van der Waals surface area contributed by atoms with Gasteiger partial charge in [0.05, 0.1) is 6.42 Å². The Hall–Kier alpha value is -3.61. The minimum atomic E-state index is -4.61. The van der Waals surface area contributed by atoms with E-state index in [2.05, 4.69) is 10.2 Å². The number of ether oxygens (including phenoxy) is 1. The molecule has 0 saturated heterocycles. The van der Waals surface area contributed by atoms with Crippen molar-refractivity contribution in [1.82, 2.24) is 15.7 Å². The van der Waals surface area contributed by atoms with Gasteiger partial charge < -0.3 is 9.64 Å². The third-order valence-electron chi connectivity index (χ3n) is 4.17. The average Bonchev–Trinajstić information content (AvgIpc) is 3.30. The summed E-state index contributed by atoms with van der Waals surface area (Å²) in [4.78, 5) is 24.1. The molecule has 0 fully saturated rings. The molecular weight excluding hydrogens is 495 g/mol. The molecule has 35 heavy (non-hydrogen) atoms. The van der Waals surface area contributed by atoms with Gasteiger partial charge in [0.15, 0.2) is 6.61 Å². The van der Waals surface area contributed by atoms with Crippen LogP contribution < -0.4 is 15.2 Å². The Bertz CT molecular complexity index is 1090. The van der Waals surface area contributed by atoms with Gasteiger partial charge in [-0.15, -0.1) is 9.58 Å². The summed E-state index contributed by atoms with van der Waals surface area (Å²) >= 11 is 0.210. The van der Waals surface area contributed by atoms with Crippen molar-refractivity contribution in [2.24, 2.45) is 0 Å². The fourth-order valence-electron chi connectivity index (χ4n) is 2.72. The number of rotatable bonds is 7. The maximum atomic E-state index is 13.0. The predicted octanol–water partition coefficient (Wildman–Crippen LogP) is 4.75. The molecule has 0 bridgehead atoms. The van der Waals surface area contributed by atoms with Crippen LogP contribution in [0.25, 0.3) is 0 Å². The molecule has 3 aromatic rings. The number of aromatic nitrogens is 2. The molecular formula is C22H21F5N4O3S. The van der Waals surface area contributed by atoms with Gasteiger partial charge in [-0.05, 0) is 43.7 Å². The highest BCUT2D eigenvalue weighted by Gasteiger charge is 2.36. The molecule has 7 nitrogen and oxygen atoms in total. The average molecular weight is 516 g/mol. The summed E-state index contributed by atoms with van der Waals surface area (Å²) in [6, 6.07) is 14.0. The van der Waals surface area contributed by atoms with E-state index in [4.69, 9.17) is 4.74 Å². The van der Waals surface area contributed by atoms with Gasteiger partial charge in [0.2, 0.25) is 5.01 Å². The lowest BCUT2D eigenvalue weighted by Crippen LogP contribution is -2.40. The number of benzene rings is 2. The van der Waals surface area contributed by atoms with Crippen LogP contribution in [0.3, 0.4) is 0 Å². The Balaban J connectivity index is 0.000000328. The first-order chi connectivity index (χ1) is 16.5. The Labute approximate surface area is 201 Å². The van der Waals surface area contributed by atoms with Crippen LogP contribution in [0.2, 0.25) is 0 Å². The number of hydrogen-bond acceptors (Lipinski definition) is 6. The van der Waals surface area contributed by atoms with Crippen LogP contribution in [0, 0.1) is 5.82 Å². The van der Waals surface area contributed by atoms with Crippen molar-refractivity contribution in [3.63, 3.8) is 0 Å². The molecule has 0 spiro atoms. The third kappa shape index (κ3) is 8.92. The molecule has 0 aliphatic rings. The van der Waals surface area contributed by atoms with Crippen molar-refractivity contribution >= 4 is 28.8 Å². The van der Waals surface area contributed by atoms with Crippen LogP contribution in [-0.4, -0.2) is 34.7 Å². The van der Waals surface area contributed by atoms with Crippen molar-refractivity contribution in [1.29, 1.82) is 0 Å². The first-order valence-electron chi connectivity index (χ1n) is 10.1. The van der Waals surface area contributed by atoms with E-state index in [1.54, 1.807) is 38.1 Å². The number of nitrogens with one attached hydrogen (secondary N) is 1. The molecule has 0 unspecified atom stereocenters. The maximum absolute atomic E-state index is 13.0. The molecule has 188 valence electrons. The highest BCUT2D eigenvalue weighted by molar-refractivity contribution is 7.13. The Morgan fingerprint density at radius 3 is 2.20 bits per heavy atom. The van der Waals surface area contributed by atoms with Gasteiger partial charge in [-0.3, -0.25) is 9.59 Å². The van der Waals surface area contributed by atoms with Gasteiger partial charge >= 0.3 is 6.18 Å². The van der Waals surface area contributed by atoms with Gasteiger partial charge in [-0.25, -0.2) is 4.39 Å². The van der Waals surface area contributed by atoms with Crippen LogP contribution in [0.5, 0.6) is 5.19 Å². The van der Waals surface area contributed by atoms with Crippen LogP contribution in [0.1, 0.15) is 24.4 Å². The lowest BCUT2D eigenvalue weighted by atomic mass is 10.1. The topological polar surface area (TPSA) is 84.4 Å². The molecule has 1 N–H and O–H groups in total. The molecule has 0 aliphatic carbocycles. The number of alkyl halides is 3. The second-order valence-electron chi connectivity index (χ2n) is 7.17. The zero-order valence-electron chi connectivity index (χ0n) is 18.6. The van der Waals surface area contributed by atoms with E-state index in [0.29, 0.717) is 5.69 Å². The number of anilines is 1. The SMILES string of the molecule is CC(C)N(C(=O)COc1nnc(C(F)(F)F)s1)c1ccc(F)cc1.O=C(Cc1ccccc1)NF. The molecule has 2 aromatic carbocycles. The fourth-order valence-corrected chi connectivity index (χ4v) is 3.28. The minimum Gasteiger partial charge on any atom is -0.459 e. The summed E-state index contributed by atoms with van der Waals surface area (Å²) < 4.78 is 66.8. The highest BCUT2D eigenvalue weighted by Crippen LogP contribution is 2.33. The Morgan fingerprint density at radius 1 is 1.06 bits per heavy atom. The van der Waals surface area contributed by atoms with Gasteiger partial charge in [0, 0.05) is 11.7 Å². The first-order valence-corrected chi connectivity index (χ1v) is 10.9. The van der Waals surface area contributed by atoms with E-state index in [0.717, 1.165) is 11.1 Å². The lowest BCUT2D eigenvalue weighted by Gasteiger charge is -2.26. The summed E-state index contributed by atoms with van der Waals surface area (Å²) in [5.74, 6) is -1.56. The normalized spacial score (nSPS) is 10.9. The van der Waals surface area contributed by atoms with Crippen LogP contribution >= 0.6 is 11.3 Å². The summed E-state index contributed by atoms with van der Waals surface area (Å²) in [6.45, 7) is 2.98. The van der Waals surface area contributed by atoms with Crippen molar-refractivity contribution in [3.8, 4) is 5.19 Å². The number of hydrogen-bond donors (Lipinski definition) is 1. The van der Waals surface area contributed by atoms with Crippen molar-refractivity contribution in [3.05, 3.63) is 71.0 Å². The van der Waals surface area contributed by atoms with Crippen molar-refractivity contribution < 1.29 is 36.4 Å². The van der Waals surface area contributed by atoms with Crippen LogP contribution in [-0.2, 0) is 22.2 Å². The number of halogens is 5. The standard InChI is InChI=1S/C14H13F4N3O2S.C8H8FNO/c1-8(2)21(10-5-3-9(15)4-6-10)11(22)7-23-13-20-19-12(24-13)14(16,17)18;9-10-8(11)6-7-4-2-1-3-5-7/h3-6,8H,7H2,1-2H3;1-5H,6H2,(H,10,11).